The van der Waals surface area contributed by atoms with Gasteiger partial charge in [-0.2, -0.15) is 0 Å². The molecule has 128 valence electrons. The number of aromatic nitrogens is 1. The van der Waals surface area contributed by atoms with Crippen LogP contribution in [-0.2, 0) is 11.4 Å². The Morgan fingerprint density at radius 3 is 2.64 bits per heavy atom. The summed E-state index contributed by atoms with van der Waals surface area (Å²) >= 11 is 0. The van der Waals surface area contributed by atoms with E-state index in [-0.39, 0.29) is 12.7 Å². The fraction of sp³-hybridized carbons (Fsp3) is 0.200. The predicted octanol–water partition coefficient (Wildman–Crippen LogP) is 4.68. The van der Waals surface area contributed by atoms with Crippen LogP contribution < -0.4 is 4.74 Å². The Bertz CT molecular complexity index is 826. The van der Waals surface area contributed by atoms with Gasteiger partial charge < -0.3 is 14.0 Å². The maximum Gasteiger partial charge on any atom is 0.226 e. The van der Waals surface area contributed by atoms with E-state index in [1.807, 2.05) is 68.4 Å². The summed E-state index contributed by atoms with van der Waals surface area (Å²) in [6.45, 7) is 4.21. The van der Waals surface area contributed by atoms with Gasteiger partial charge in [0.05, 0.1) is 12.3 Å². The summed E-state index contributed by atoms with van der Waals surface area (Å²) in [5.74, 6) is 1.34. The van der Waals surface area contributed by atoms with Crippen LogP contribution in [0.4, 0.5) is 0 Å². The summed E-state index contributed by atoms with van der Waals surface area (Å²) in [7, 11) is 0. The lowest BCUT2D eigenvalue weighted by atomic mass is 10.2. The normalized spacial score (nSPS) is 11.2. The fourth-order valence-corrected chi connectivity index (χ4v) is 2.23. The lowest BCUT2D eigenvalue weighted by molar-refractivity contribution is 0.129. The third kappa shape index (κ3) is 4.70. The largest absolute Gasteiger partial charge is 0.490 e. The number of hydrogen-bond acceptors (Lipinski definition) is 5. The second-order valence-corrected chi connectivity index (χ2v) is 5.72. The van der Waals surface area contributed by atoms with E-state index >= 15 is 0 Å². The first-order valence-corrected chi connectivity index (χ1v) is 8.13. The van der Waals surface area contributed by atoms with Crippen molar-refractivity contribution in [2.45, 2.75) is 26.6 Å². The summed E-state index contributed by atoms with van der Waals surface area (Å²) in [5.41, 5.74) is 2.47. The van der Waals surface area contributed by atoms with E-state index in [2.05, 4.69) is 10.1 Å². The lowest BCUT2D eigenvalue weighted by Crippen LogP contribution is -2.07. The van der Waals surface area contributed by atoms with Gasteiger partial charge in [0.1, 0.15) is 17.7 Å². The number of oxime groups is 1. The van der Waals surface area contributed by atoms with Gasteiger partial charge >= 0.3 is 0 Å². The zero-order valence-corrected chi connectivity index (χ0v) is 14.3. The molecule has 0 bridgehead atoms. The molecule has 1 heterocycles. The zero-order chi connectivity index (χ0) is 17.5. The second-order valence-electron chi connectivity index (χ2n) is 5.72. The molecule has 0 spiro atoms. The molecule has 2 aromatic carbocycles. The molecular formula is C20H20N2O3. The number of rotatable bonds is 7. The Hall–Kier alpha value is -3.08. The molecule has 0 radical (unpaired) electrons. The standard InChI is InChI=1S/C20H20N2O3/c1-15(2)25-19-11-7-6-10-17(19)12-21-24-14-18-13-23-20(22-18)16-8-4-3-5-9-16/h3-13,15H,14H2,1-2H3. The van der Waals surface area contributed by atoms with Crippen molar-refractivity contribution in [3.05, 3.63) is 72.1 Å². The highest BCUT2D eigenvalue weighted by molar-refractivity contribution is 5.83. The molecule has 3 aromatic rings. The molecule has 0 saturated heterocycles. The number of hydrogen-bond donors (Lipinski definition) is 0. The monoisotopic (exact) mass is 336 g/mol. The summed E-state index contributed by atoms with van der Waals surface area (Å²) in [5, 5.41) is 4.00. The highest BCUT2D eigenvalue weighted by Crippen LogP contribution is 2.19. The minimum atomic E-state index is 0.0991. The summed E-state index contributed by atoms with van der Waals surface area (Å²) in [4.78, 5) is 9.72. The van der Waals surface area contributed by atoms with Crippen molar-refractivity contribution >= 4 is 6.21 Å². The van der Waals surface area contributed by atoms with Crippen LogP contribution in [0.2, 0.25) is 0 Å². The van der Waals surface area contributed by atoms with E-state index in [0.717, 1.165) is 16.9 Å². The molecule has 5 heteroatoms. The summed E-state index contributed by atoms with van der Waals surface area (Å²) in [6, 6.07) is 17.4. The predicted molar refractivity (Wildman–Crippen MR) is 96.5 cm³/mol. The van der Waals surface area contributed by atoms with Gasteiger partial charge in [0.15, 0.2) is 6.61 Å². The van der Waals surface area contributed by atoms with Crippen molar-refractivity contribution in [3.63, 3.8) is 0 Å². The highest BCUT2D eigenvalue weighted by Gasteiger charge is 2.06. The van der Waals surface area contributed by atoms with Crippen LogP contribution in [0.3, 0.4) is 0 Å². The topological polar surface area (TPSA) is 56.9 Å². The van der Waals surface area contributed by atoms with Gasteiger partial charge in [0.25, 0.3) is 0 Å². The first kappa shape index (κ1) is 16.8. The highest BCUT2D eigenvalue weighted by atomic mass is 16.6. The molecule has 0 saturated carbocycles. The molecule has 0 amide bonds. The number of ether oxygens (including phenoxy) is 1. The third-order valence-electron chi connectivity index (χ3n) is 3.33. The van der Waals surface area contributed by atoms with E-state index in [4.69, 9.17) is 14.0 Å². The number of nitrogens with zero attached hydrogens (tertiary/aromatic N) is 2. The average Bonchev–Trinajstić information content (AvgIpc) is 3.09. The Morgan fingerprint density at radius 2 is 1.84 bits per heavy atom. The smallest absolute Gasteiger partial charge is 0.226 e. The van der Waals surface area contributed by atoms with Crippen molar-refractivity contribution in [2.75, 3.05) is 0 Å². The van der Waals surface area contributed by atoms with Gasteiger partial charge in [0.2, 0.25) is 5.89 Å². The van der Waals surface area contributed by atoms with E-state index in [1.54, 1.807) is 12.5 Å². The summed E-state index contributed by atoms with van der Waals surface area (Å²) in [6.07, 6.45) is 3.31. The van der Waals surface area contributed by atoms with Crippen LogP contribution in [0.1, 0.15) is 25.1 Å². The minimum absolute atomic E-state index is 0.0991. The zero-order valence-electron chi connectivity index (χ0n) is 14.3. The maximum absolute atomic E-state index is 5.74. The maximum atomic E-state index is 5.74. The van der Waals surface area contributed by atoms with E-state index in [0.29, 0.717) is 11.6 Å². The van der Waals surface area contributed by atoms with Crippen LogP contribution in [0, 0.1) is 0 Å². The molecule has 0 aliphatic carbocycles. The molecule has 3 rings (SSSR count). The van der Waals surface area contributed by atoms with Crippen molar-refractivity contribution < 1.29 is 14.0 Å². The second kappa shape index (κ2) is 8.15. The van der Waals surface area contributed by atoms with Gasteiger partial charge in [0, 0.05) is 11.1 Å². The molecular weight excluding hydrogens is 316 g/mol. The minimum Gasteiger partial charge on any atom is -0.490 e. The van der Waals surface area contributed by atoms with Crippen molar-refractivity contribution in [3.8, 4) is 17.2 Å². The molecule has 0 fully saturated rings. The third-order valence-corrected chi connectivity index (χ3v) is 3.33. The van der Waals surface area contributed by atoms with E-state index < -0.39 is 0 Å². The molecule has 5 nitrogen and oxygen atoms in total. The number of oxazole rings is 1. The van der Waals surface area contributed by atoms with Crippen LogP contribution in [0.5, 0.6) is 5.75 Å². The Morgan fingerprint density at radius 1 is 1.08 bits per heavy atom. The van der Waals surface area contributed by atoms with Gasteiger partial charge in [-0.15, -0.1) is 0 Å². The van der Waals surface area contributed by atoms with E-state index in [1.165, 1.54) is 0 Å². The molecule has 0 unspecified atom stereocenters. The molecule has 25 heavy (non-hydrogen) atoms. The SMILES string of the molecule is CC(C)Oc1ccccc1C=NOCc1coc(-c2ccccc2)n1. The summed E-state index contributed by atoms with van der Waals surface area (Å²) < 4.78 is 11.2. The van der Waals surface area contributed by atoms with Crippen LogP contribution in [0.15, 0.2) is 70.4 Å². The van der Waals surface area contributed by atoms with Crippen molar-refractivity contribution in [1.82, 2.24) is 4.98 Å². The quantitative estimate of drug-likeness (QED) is 0.464. The Labute approximate surface area is 146 Å². The fourth-order valence-electron chi connectivity index (χ4n) is 2.23. The van der Waals surface area contributed by atoms with Crippen molar-refractivity contribution in [2.24, 2.45) is 5.16 Å². The average molecular weight is 336 g/mol. The van der Waals surface area contributed by atoms with Gasteiger partial charge in [-0.1, -0.05) is 35.5 Å². The molecule has 0 atom stereocenters. The molecule has 0 aliphatic rings. The molecule has 1 aromatic heterocycles. The molecule has 0 aliphatic heterocycles. The number of benzene rings is 2. The van der Waals surface area contributed by atoms with Crippen LogP contribution >= 0.6 is 0 Å². The molecule has 0 N–H and O–H groups in total. The first-order valence-electron chi connectivity index (χ1n) is 8.13. The lowest BCUT2D eigenvalue weighted by Gasteiger charge is -2.11. The van der Waals surface area contributed by atoms with Crippen molar-refractivity contribution in [1.29, 1.82) is 0 Å². The Kier molecular flexibility index (Phi) is 5.46. The Balaban J connectivity index is 1.59. The van der Waals surface area contributed by atoms with Crippen LogP contribution in [-0.4, -0.2) is 17.3 Å². The van der Waals surface area contributed by atoms with Gasteiger partial charge in [-0.3, -0.25) is 0 Å². The number of para-hydroxylation sites is 1. The first-order chi connectivity index (χ1) is 12.2. The van der Waals surface area contributed by atoms with E-state index in [9.17, 15) is 0 Å². The van der Waals surface area contributed by atoms with Gasteiger partial charge in [-0.05, 0) is 38.1 Å². The van der Waals surface area contributed by atoms with Gasteiger partial charge in [-0.25, -0.2) is 4.98 Å². The van der Waals surface area contributed by atoms with Crippen LogP contribution in [0.25, 0.3) is 11.5 Å².